The van der Waals surface area contributed by atoms with Crippen molar-refractivity contribution in [1.29, 1.82) is 0 Å². The molecule has 0 aliphatic carbocycles. The molecule has 0 radical (unpaired) electrons. The van der Waals surface area contributed by atoms with Crippen LogP contribution in [0.3, 0.4) is 0 Å². The first-order chi connectivity index (χ1) is 9.81. The Hall–Kier alpha value is -2.11. The predicted octanol–water partition coefficient (Wildman–Crippen LogP) is 2.72. The zero-order valence-corrected chi connectivity index (χ0v) is 12.5. The molecule has 0 aliphatic heterocycles. The number of rotatable bonds is 6. The standard InChI is InChI=1S/C15H21FN2O3/c1-10(2)8-11(14(19)20)9-17-15(21)18(3)13-6-4-12(16)5-7-13/h4-7,10-11H,8-9H2,1-3H3,(H,17,21)(H,19,20). The summed E-state index contributed by atoms with van der Waals surface area (Å²) in [5.74, 6) is -1.68. The molecule has 1 unspecified atom stereocenters. The van der Waals surface area contributed by atoms with E-state index in [-0.39, 0.29) is 18.3 Å². The van der Waals surface area contributed by atoms with Crippen molar-refractivity contribution >= 4 is 17.7 Å². The largest absolute Gasteiger partial charge is 0.481 e. The number of anilines is 1. The van der Waals surface area contributed by atoms with Crippen molar-refractivity contribution in [3.05, 3.63) is 30.1 Å². The van der Waals surface area contributed by atoms with E-state index in [0.717, 1.165) is 0 Å². The van der Waals surface area contributed by atoms with E-state index in [4.69, 9.17) is 5.11 Å². The first kappa shape index (κ1) is 16.9. The fourth-order valence-electron chi connectivity index (χ4n) is 1.95. The normalized spacial score (nSPS) is 12.0. The third-order valence-electron chi connectivity index (χ3n) is 3.12. The number of urea groups is 1. The van der Waals surface area contributed by atoms with Crippen LogP contribution in [0.15, 0.2) is 24.3 Å². The Kier molecular flexibility index (Phi) is 6.14. The van der Waals surface area contributed by atoms with Crippen LogP contribution in [0.1, 0.15) is 20.3 Å². The Bertz CT molecular complexity index is 488. The molecule has 0 bridgehead atoms. The number of carboxylic acid groups (broad SMARTS) is 1. The lowest BCUT2D eigenvalue weighted by atomic mass is 9.97. The second-order valence-corrected chi connectivity index (χ2v) is 5.39. The molecule has 0 aliphatic rings. The molecule has 0 saturated carbocycles. The summed E-state index contributed by atoms with van der Waals surface area (Å²) in [5, 5.41) is 11.7. The fraction of sp³-hybridized carbons (Fsp3) is 0.467. The van der Waals surface area contributed by atoms with E-state index in [9.17, 15) is 14.0 Å². The minimum absolute atomic E-state index is 0.0673. The minimum atomic E-state index is -0.923. The van der Waals surface area contributed by atoms with E-state index in [1.807, 2.05) is 13.8 Å². The van der Waals surface area contributed by atoms with Crippen LogP contribution in [-0.2, 0) is 4.79 Å². The van der Waals surface area contributed by atoms with Gasteiger partial charge in [-0.15, -0.1) is 0 Å². The molecule has 0 heterocycles. The molecule has 0 saturated heterocycles. The van der Waals surface area contributed by atoms with Crippen LogP contribution in [0.5, 0.6) is 0 Å². The summed E-state index contributed by atoms with van der Waals surface area (Å²) in [7, 11) is 1.54. The Labute approximate surface area is 123 Å². The van der Waals surface area contributed by atoms with Gasteiger partial charge in [-0.2, -0.15) is 0 Å². The summed E-state index contributed by atoms with van der Waals surface area (Å²) in [4.78, 5) is 24.4. The van der Waals surface area contributed by atoms with Gasteiger partial charge in [0.2, 0.25) is 0 Å². The number of carbonyl (C=O) groups excluding carboxylic acids is 1. The van der Waals surface area contributed by atoms with Crippen LogP contribution >= 0.6 is 0 Å². The van der Waals surface area contributed by atoms with Crippen LogP contribution in [-0.4, -0.2) is 30.7 Å². The number of nitrogens with zero attached hydrogens (tertiary/aromatic N) is 1. The van der Waals surface area contributed by atoms with Crippen molar-refractivity contribution in [2.45, 2.75) is 20.3 Å². The van der Waals surface area contributed by atoms with Crippen molar-refractivity contribution < 1.29 is 19.1 Å². The van der Waals surface area contributed by atoms with Crippen LogP contribution in [0.4, 0.5) is 14.9 Å². The van der Waals surface area contributed by atoms with Gasteiger partial charge in [0.05, 0.1) is 5.92 Å². The molecule has 2 N–H and O–H groups in total. The summed E-state index contributed by atoms with van der Waals surface area (Å²) in [6, 6.07) is 5.07. The number of carboxylic acids is 1. The van der Waals surface area contributed by atoms with E-state index in [1.165, 1.54) is 29.2 Å². The lowest BCUT2D eigenvalue weighted by molar-refractivity contribution is -0.142. The lowest BCUT2D eigenvalue weighted by Gasteiger charge is -2.20. The number of amides is 2. The summed E-state index contributed by atoms with van der Waals surface area (Å²) < 4.78 is 12.8. The molecule has 1 atom stereocenters. The SMILES string of the molecule is CC(C)CC(CNC(=O)N(C)c1ccc(F)cc1)C(=O)O. The summed E-state index contributed by atoms with van der Waals surface area (Å²) >= 11 is 0. The molecule has 6 heteroatoms. The van der Waals surface area contributed by atoms with Crippen molar-refractivity contribution in [2.24, 2.45) is 11.8 Å². The highest BCUT2D eigenvalue weighted by Crippen LogP contribution is 2.14. The first-order valence-corrected chi connectivity index (χ1v) is 6.81. The number of hydrogen-bond acceptors (Lipinski definition) is 2. The Balaban J connectivity index is 2.59. The lowest BCUT2D eigenvalue weighted by Crippen LogP contribution is -2.41. The molecule has 5 nitrogen and oxygen atoms in total. The number of carbonyl (C=O) groups is 2. The Morgan fingerprint density at radius 3 is 2.33 bits per heavy atom. The molecule has 0 spiro atoms. The molecular weight excluding hydrogens is 275 g/mol. The maximum absolute atomic E-state index is 12.8. The van der Waals surface area contributed by atoms with Crippen LogP contribution in [0.2, 0.25) is 0 Å². The van der Waals surface area contributed by atoms with Gasteiger partial charge in [-0.05, 0) is 36.6 Å². The Morgan fingerprint density at radius 1 is 1.29 bits per heavy atom. The molecule has 116 valence electrons. The van der Waals surface area contributed by atoms with Gasteiger partial charge in [-0.25, -0.2) is 9.18 Å². The topological polar surface area (TPSA) is 69.6 Å². The van der Waals surface area contributed by atoms with E-state index in [2.05, 4.69) is 5.32 Å². The smallest absolute Gasteiger partial charge is 0.321 e. The maximum atomic E-state index is 12.8. The van der Waals surface area contributed by atoms with Crippen LogP contribution < -0.4 is 10.2 Å². The fourth-order valence-corrected chi connectivity index (χ4v) is 1.95. The number of aliphatic carboxylic acids is 1. The summed E-state index contributed by atoms with van der Waals surface area (Å²) in [6.45, 7) is 3.93. The minimum Gasteiger partial charge on any atom is -0.481 e. The van der Waals surface area contributed by atoms with Gasteiger partial charge in [-0.3, -0.25) is 9.69 Å². The highest BCUT2D eigenvalue weighted by atomic mass is 19.1. The molecule has 1 aromatic carbocycles. The van der Waals surface area contributed by atoms with E-state index >= 15 is 0 Å². The molecule has 1 rings (SSSR count). The van der Waals surface area contributed by atoms with Crippen molar-refractivity contribution in [3.63, 3.8) is 0 Å². The monoisotopic (exact) mass is 296 g/mol. The third kappa shape index (κ3) is 5.41. The highest BCUT2D eigenvalue weighted by Gasteiger charge is 2.20. The summed E-state index contributed by atoms with van der Waals surface area (Å²) in [6.07, 6.45) is 0.496. The van der Waals surface area contributed by atoms with Gasteiger partial charge in [0, 0.05) is 19.3 Å². The van der Waals surface area contributed by atoms with Gasteiger partial charge >= 0.3 is 12.0 Å². The number of benzene rings is 1. The maximum Gasteiger partial charge on any atom is 0.321 e. The molecule has 1 aromatic rings. The Morgan fingerprint density at radius 2 is 1.86 bits per heavy atom. The molecule has 0 fully saturated rings. The average Bonchev–Trinajstić information content (AvgIpc) is 2.42. The highest BCUT2D eigenvalue weighted by molar-refractivity contribution is 5.91. The van der Waals surface area contributed by atoms with Crippen molar-refractivity contribution in [2.75, 3.05) is 18.5 Å². The zero-order chi connectivity index (χ0) is 16.0. The number of halogens is 1. The molecule has 2 amide bonds. The van der Waals surface area contributed by atoms with Crippen molar-refractivity contribution in [3.8, 4) is 0 Å². The van der Waals surface area contributed by atoms with Gasteiger partial charge < -0.3 is 10.4 Å². The van der Waals surface area contributed by atoms with E-state index < -0.39 is 17.9 Å². The average molecular weight is 296 g/mol. The second-order valence-electron chi connectivity index (χ2n) is 5.39. The van der Waals surface area contributed by atoms with E-state index in [0.29, 0.717) is 12.1 Å². The molecular formula is C15H21FN2O3. The van der Waals surface area contributed by atoms with Gasteiger partial charge in [0.15, 0.2) is 0 Å². The predicted molar refractivity (Wildman–Crippen MR) is 78.8 cm³/mol. The van der Waals surface area contributed by atoms with Gasteiger partial charge in [0.1, 0.15) is 5.82 Å². The molecule has 0 aromatic heterocycles. The first-order valence-electron chi connectivity index (χ1n) is 6.81. The summed E-state index contributed by atoms with van der Waals surface area (Å²) in [5.41, 5.74) is 0.532. The number of nitrogens with one attached hydrogen (secondary N) is 1. The van der Waals surface area contributed by atoms with Gasteiger partial charge in [0.25, 0.3) is 0 Å². The molecule has 21 heavy (non-hydrogen) atoms. The van der Waals surface area contributed by atoms with Crippen LogP contribution in [0.25, 0.3) is 0 Å². The van der Waals surface area contributed by atoms with Crippen LogP contribution in [0, 0.1) is 17.7 Å². The zero-order valence-electron chi connectivity index (χ0n) is 12.5. The second kappa shape index (κ2) is 7.61. The van der Waals surface area contributed by atoms with E-state index in [1.54, 1.807) is 7.05 Å². The van der Waals surface area contributed by atoms with Crippen molar-refractivity contribution in [1.82, 2.24) is 5.32 Å². The number of hydrogen-bond donors (Lipinski definition) is 2. The van der Waals surface area contributed by atoms with Gasteiger partial charge in [-0.1, -0.05) is 13.8 Å². The third-order valence-corrected chi connectivity index (χ3v) is 3.12. The quantitative estimate of drug-likeness (QED) is 0.848.